The second kappa shape index (κ2) is 6.94. The van der Waals surface area contributed by atoms with Gasteiger partial charge >= 0.3 is 5.97 Å². The Bertz CT molecular complexity index is 467. The standard InChI is InChI=1S/C17H25NO3/c1-3-4-5-13-6-10-15(11-7-13)21-12-17(2,16(19)20)18-14-8-9-14/h6-7,10-11,14,18H,3-5,8-9,12H2,1-2H3,(H,19,20). The summed E-state index contributed by atoms with van der Waals surface area (Å²) in [5.41, 5.74) is 0.267. The Morgan fingerprint density at radius 1 is 1.38 bits per heavy atom. The maximum Gasteiger partial charge on any atom is 0.327 e. The lowest BCUT2D eigenvalue weighted by Gasteiger charge is -2.26. The van der Waals surface area contributed by atoms with Crippen LogP contribution in [0.5, 0.6) is 5.75 Å². The van der Waals surface area contributed by atoms with Crippen LogP contribution in [-0.2, 0) is 11.2 Å². The highest BCUT2D eigenvalue weighted by Crippen LogP contribution is 2.23. The third kappa shape index (κ3) is 4.74. The van der Waals surface area contributed by atoms with E-state index in [-0.39, 0.29) is 6.61 Å². The summed E-state index contributed by atoms with van der Waals surface area (Å²) in [6.07, 6.45) is 5.54. The predicted octanol–water partition coefficient (Wildman–Crippen LogP) is 3.00. The second-order valence-electron chi connectivity index (χ2n) is 6.09. The zero-order valence-electron chi connectivity index (χ0n) is 12.9. The molecule has 2 rings (SSSR count). The molecule has 0 amide bonds. The van der Waals surface area contributed by atoms with Gasteiger partial charge in [-0.05, 0) is 50.3 Å². The van der Waals surface area contributed by atoms with Crippen molar-refractivity contribution in [1.82, 2.24) is 5.32 Å². The molecule has 1 atom stereocenters. The lowest BCUT2D eigenvalue weighted by Crippen LogP contribution is -2.54. The first-order chi connectivity index (χ1) is 10.0. The minimum absolute atomic E-state index is 0.132. The Hall–Kier alpha value is -1.55. The van der Waals surface area contributed by atoms with E-state index in [1.807, 2.05) is 12.1 Å². The van der Waals surface area contributed by atoms with Gasteiger partial charge in [0.1, 0.15) is 17.9 Å². The van der Waals surface area contributed by atoms with Crippen molar-refractivity contribution in [2.45, 2.75) is 57.5 Å². The van der Waals surface area contributed by atoms with Crippen LogP contribution >= 0.6 is 0 Å². The van der Waals surface area contributed by atoms with Gasteiger partial charge in [0.25, 0.3) is 0 Å². The quantitative estimate of drug-likeness (QED) is 0.734. The van der Waals surface area contributed by atoms with Crippen LogP contribution < -0.4 is 10.1 Å². The van der Waals surface area contributed by atoms with Crippen LogP contribution in [0.15, 0.2) is 24.3 Å². The maximum atomic E-state index is 11.4. The van der Waals surface area contributed by atoms with Crippen LogP contribution in [0.2, 0.25) is 0 Å². The van der Waals surface area contributed by atoms with Crippen LogP contribution in [0.25, 0.3) is 0 Å². The summed E-state index contributed by atoms with van der Waals surface area (Å²) in [6, 6.07) is 8.27. The lowest BCUT2D eigenvalue weighted by molar-refractivity contribution is -0.145. The zero-order chi connectivity index (χ0) is 15.3. The molecule has 4 nitrogen and oxygen atoms in total. The van der Waals surface area contributed by atoms with E-state index >= 15 is 0 Å². The van der Waals surface area contributed by atoms with Crippen molar-refractivity contribution in [1.29, 1.82) is 0 Å². The highest BCUT2D eigenvalue weighted by Gasteiger charge is 2.39. The monoisotopic (exact) mass is 291 g/mol. The van der Waals surface area contributed by atoms with Crippen LogP contribution in [0.3, 0.4) is 0 Å². The largest absolute Gasteiger partial charge is 0.491 e. The van der Waals surface area contributed by atoms with E-state index in [9.17, 15) is 9.90 Å². The molecule has 1 aliphatic rings. The molecule has 21 heavy (non-hydrogen) atoms. The van der Waals surface area contributed by atoms with Gasteiger partial charge in [-0.3, -0.25) is 10.1 Å². The fourth-order valence-electron chi connectivity index (χ4n) is 2.20. The molecule has 0 spiro atoms. The molecule has 0 aromatic heterocycles. The third-order valence-corrected chi connectivity index (χ3v) is 3.84. The van der Waals surface area contributed by atoms with Crippen molar-refractivity contribution in [2.75, 3.05) is 6.61 Å². The molecule has 1 saturated carbocycles. The molecule has 4 heteroatoms. The first-order valence-electron chi connectivity index (χ1n) is 7.76. The molecule has 0 saturated heterocycles. The number of hydrogen-bond acceptors (Lipinski definition) is 3. The number of unbranched alkanes of at least 4 members (excludes halogenated alkanes) is 1. The van der Waals surface area contributed by atoms with Crippen LogP contribution in [-0.4, -0.2) is 29.3 Å². The van der Waals surface area contributed by atoms with Crippen LogP contribution in [0, 0.1) is 0 Å². The van der Waals surface area contributed by atoms with Crippen LogP contribution in [0.1, 0.15) is 45.1 Å². The number of nitrogens with one attached hydrogen (secondary N) is 1. The molecular weight excluding hydrogens is 266 g/mol. The molecule has 1 aromatic carbocycles. The number of rotatable bonds is 9. The summed E-state index contributed by atoms with van der Waals surface area (Å²) < 4.78 is 5.68. The van der Waals surface area contributed by atoms with Crippen LogP contribution in [0.4, 0.5) is 0 Å². The second-order valence-corrected chi connectivity index (χ2v) is 6.09. The zero-order valence-corrected chi connectivity index (χ0v) is 12.9. The van der Waals surface area contributed by atoms with E-state index in [2.05, 4.69) is 24.4 Å². The van der Waals surface area contributed by atoms with Gasteiger partial charge in [0.2, 0.25) is 0 Å². The number of carboxylic acids is 1. The number of aryl methyl sites for hydroxylation is 1. The summed E-state index contributed by atoms with van der Waals surface area (Å²) in [4.78, 5) is 11.4. The Labute approximate surface area is 126 Å². The summed E-state index contributed by atoms with van der Waals surface area (Å²) in [6.45, 7) is 3.99. The fraction of sp³-hybridized carbons (Fsp3) is 0.588. The molecule has 0 aliphatic heterocycles. The van der Waals surface area contributed by atoms with Gasteiger partial charge in [-0.15, -0.1) is 0 Å². The number of benzene rings is 1. The molecule has 1 fully saturated rings. The summed E-state index contributed by atoms with van der Waals surface area (Å²) in [7, 11) is 0. The Morgan fingerprint density at radius 3 is 2.57 bits per heavy atom. The maximum absolute atomic E-state index is 11.4. The molecule has 116 valence electrons. The predicted molar refractivity (Wildman–Crippen MR) is 82.7 cm³/mol. The van der Waals surface area contributed by atoms with Crippen molar-refractivity contribution in [3.63, 3.8) is 0 Å². The Morgan fingerprint density at radius 2 is 2.05 bits per heavy atom. The van der Waals surface area contributed by atoms with E-state index in [0.717, 1.165) is 25.0 Å². The molecule has 1 unspecified atom stereocenters. The number of hydrogen-bond donors (Lipinski definition) is 2. The van der Waals surface area contributed by atoms with Crippen molar-refractivity contribution in [2.24, 2.45) is 0 Å². The number of aliphatic carboxylic acids is 1. The SMILES string of the molecule is CCCCc1ccc(OCC(C)(NC2CC2)C(=O)O)cc1. The van der Waals surface area contributed by atoms with E-state index in [1.165, 1.54) is 18.4 Å². The minimum Gasteiger partial charge on any atom is -0.491 e. The summed E-state index contributed by atoms with van der Waals surface area (Å²) >= 11 is 0. The third-order valence-electron chi connectivity index (χ3n) is 3.84. The van der Waals surface area contributed by atoms with Crippen molar-refractivity contribution >= 4 is 5.97 Å². The lowest BCUT2D eigenvalue weighted by atomic mass is 10.0. The van der Waals surface area contributed by atoms with Gasteiger partial charge in [0, 0.05) is 6.04 Å². The summed E-state index contributed by atoms with van der Waals surface area (Å²) in [5, 5.41) is 12.5. The van der Waals surface area contributed by atoms with E-state index in [1.54, 1.807) is 6.92 Å². The van der Waals surface area contributed by atoms with Crippen molar-refractivity contribution in [3.8, 4) is 5.75 Å². The molecule has 0 radical (unpaired) electrons. The van der Waals surface area contributed by atoms with Gasteiger partial charge in [0.15, 0.2) is 0 Å². The van der Waals surface area contributed by atoms with E-state index in [4.69, 9.17) is 4.74 Å². The van der Waals surface area contributed by atoms with Gasteiger partial charge in [-0.2, -0.15) is 0 Å². The fourth-order valence-corrected chi connectivity index (χ4v) is 2.20. The first-order valence-corrected chi connectivity index (χ1v) is 7.76. The topological polar surface area (TPSA) is 58.6 Å². The summed E-state index contributed by atoms with van der Waals surface area (Å²) in [5.74, 6) is -0.144. The van der Waals surface area contributed by atoms with Gasteiger partial charge < -0.3 is 9.84 Å². The molecule has 1 aromatic rings. The highest BCUT2D eigenvalue weighted by atomic mass is 16.5. The van der Waals surface area contributed by atoms with E-state index in [0.29, 0.717) is 6.04 Å². The van der Waals surface area contributed by atoms with E-state index < -0.39 is 11.5 Å². The van der Waals surface area contributed by atoms with Crippen molar-refractivity contribution in [3.05, 3.63) is 29.8 Å². The average molecular weight is 291 g/mol. The minimum atomic E-state index is -1.03. The number of carboxylic acid groups (broad SMARTS) is 1. The Kier molecular flexibility index (Phi) is 5.23. The molecule has 2 N–H and O–H groups in total. The average Bonchev–Trinajstić information content (AvgIpc) is 3.27. The smallest absolute Gasteiger partial charge is 0.327 e. The molecule has 0 heterocycles. The molecule has 1 aliphatic carbocycles. The number of carbonyl (C=O) groups is 1. The van der Waals surface area contributed by atoms with Gasteiger partial charge in [-0.1, -0.05) is 25.5 Å². The number of ether oxygens (including phenoxy) is 1. The highest BCUT2D eigenvalue weighted by molar-refractivity contribution is 5.78. The molecule has 0 bridgehead atoms. The Balaban J connectivity index is 1.89. The van der Waals surface area contributed by atoms with Gasteiger partial charge in [0.05, 0.1) is 0 Å². The van der Waals surface area contributed by atoms with Gasteiger partial charge in [-0.25, -0.2) is 0 Å². The van der Waals surface area contributed by atoms with Crippen molar-refractivity contribution < 1.29 is 14.6 Å². The normalized spacial score (nSPS) is 17.2. The first kappa shape index (κ1) is 15.8. The molecular formula is C17H25NO3.